The Morgan fingerprint density at radius 2 is 2.00 bits per heavy atom. The SMILES string of the molecule is CCS(=O)(=O)CCCCC(C)CNC1CC1. The Balaban J connectivity index is 1.96. The Hall–Kier alpha value is -0.0900. The highest BCUT2D eigenvalue weighted by molar-refractivity contribution is 7.91. The molecule has 0 aliphatic heterocycles. The van der Waals surface area contributed by atoms with E-state index in [1.807, 2.05) is 0 Å². The Morgan fingerprint density at radius 3 is 2.56 bits per heavy atom. The molecule has 3 nitrogen and oxygen atoms in total. The molecule has 1 unspecified atom stereocenters. The van der Waals surface area contributed by atoms with Gasteiger partial charge in [-0.15, -0.1) is 0 Å². The first-order valence-electron chi connectivity index (χ1n) is 6.47. The molecule has 1 N–H and O–H groups in total. The van der Waals surface area contributed by atoms with Crippen LogP contribution >= 0.6 is 0 Å². The monoisotopic (exact) mass is 247 g/mol. The number of hydrogen-bond donors (Lipinski definition) is 1. The van der Waals surface area contributed by atoms with Crippen LogP contribution in [-0.2, 0) is 9.84 Å². The quantitative estimate of drug-likeness (QED) is 0.634. The molecule has 1 aliphatic carbocycles. The molecule has 1 rings (SSSR count). The van der Waals surface area contributed by atoms with Gasteiger partial charge in [0.1, 0.15) is 9.84 Å². The van der Waals surface area contributed by atoms with E-state index in [0.717, 1.165) is 31.8 Å². The summed E-state index contributed by atoms with van der Waals surface area (Å²) in [4.78, 5) is 0. The molecule has 0 saturated heterocycles. The minimum Gasteiger partial charge on any atom is -0.314 e. The zero-order valence-corrected chi connectivity index (χ0v) is 11.4. The first-order chi connectivity index (χ1) is 7.53. The molecule has 0 amide bonds. The van der Waals surface area contributed by atoms with Gasteiger partial charge in [-0.05, 0) is 38.1 Å². The maximum atomic E-state index is 11.3. The summed E-state index contributed by atoms with van der Waals surface area (Å²) in [5.41, 5.74) is 0. The van der Waals surface area contributed by atoms with Gasteiger partial charge < -0.3 is 5.32 Å². The molecule has 0 bridgehead atoms. The van der Waals surface area contributed by atoms with Crippen molar-refractivity contribution in [3.05, 3.63) is 0 Å². The summed E-state index contributed by atoms with van der Waals surface area (Å²) in [5, 5.41) is 3.51. The van der Waals surface area contributed by atoms with Gasteiger partial charge in [-0.1, -0.05) is 20.3 Å². The van der Waals surface area contributed by atoms with E-state index < -0.39 is 9.84 Å². The molecule has 1 aliphatic rings. The molecule has 96 valence electrons. The molecule has 0 aromatic carbocycles. The second-order valence-corrected chi connectivity index (χ2v) is 7.49. The lowest BCUT2D eigenvalue weighted by atomic mass is 10.0. The predicted octanol–water partition coefficient (Wildman–Crippen LogP) is 1.98. The van der Waals surface area contributed by atoms with E-state index >= 15 is 0 Å². The van der Waals surface area contributed by atoms with Crippen molar-refractivity contribution in [3.8, 4) is 0 Å². The lowest BCUT2D eigenvalue weighted by Crippen LogP contribution is -2.23. The minimum absolute atomic E-state index is 0.284. The Morgan fingerprint density at radius 1 is 1.31 bits per heavy atom. The highest BCUT2D eigenvalue weighted by atomic mass is 32.2. The number of unbranched alkanes of at least 4 members (excludes halogenated alkanes) is 1. The van der Waals surface area contributed by atoms with Crippen LogP contribution in [0.3, 0.4) is 0 Å². The fourth-order valence-corrected chi connectivity index (χ4v) is 2.65. The molecule has 4 heteroatoms. The van der Waals surface area contributed by atoms with E-state index in [4.69, 9.17) is 0 Å². The van der Waals surface area contributed by atoms with E-state index in [1.165, 1.54) is 12.8 Å². The second-order valence-electron chi connectivity index (χ2n) is 5.02. The van der Waals surface area contributed by atoms with Crippen LogP contribution in [0, 0.1) is 5.92 Å². The van der Waals surface area contributed by atoms with Crippen LogP contribution in [-0.4, -0.2) is 32.5 Å². The summed E-state index contributed by atoms with van der Waals surface area (Å²) in [7, 11) is -2.75. The highest BCUT2D eigenvalue weighted by Crippen LogP contribution is 2.19. The second kappa shape index (κ2) is 6.60. The molecule has 0 radical (unpaired) electrons. The first-order valence-corrected chi connectivity index (χ1v) is 8.29. The van der Waals surface area contributed by atoms with Crippen molar-refractivity contribution >= 4 is 9.84 Å². The van der Waals surface area contributed by atoms with Gasteiger partial charge in [-0.2, -0.15) is 0 Å². The Bertz CT molecular complexity index is 283. The first kappa shape index (κ1) is 14.0. The lowest BCUT2D eigenvalue weighted by Gasteiger charge is -2.11. The third kappa shape index (κ3) is 6.48. The standard InChI is InChI=1S/C12H25NO2S/c1-3-16(14,15)9-5-4-6-11(2)10-13-12-7-8-12/h11-13H,3-10H2,1-2H3. The van der Waals surface area contributed by atoms with Crippen molar-refractivity contribution in [2.24, 2.45) is 5.92 Å². The minimum atomic E-state index is -2.75. The molecular formula is C12H25NO2S. The summed E-state index contributed by atoms with van der Waals surface area (Å²) in [6.45, 7) is 5.05. The average Bonchev–Trinajstić information content (AvgIpc) is 3.05. The van der Waals surface area contributed by atoms with Gasteiger partial charge in [0.05, 0.1) is 5.75 Å². The predicted molar refractivity (Wildman–Crippen MR) is 68.4 cm³/mol. The van der Waals surface area contributed by atoms with Crippen LogP contribution in [0.25, 0.3) is 0 Å². The van der Waals surface area contributed by atoms with Crippen LogP contribution < -0.4 is 5.32 Å². The van der Waals surface area contributed by atoms with Crippen LogP contribution in [0.4, 0.5) is 0 Å². The highest BCUT2D eigenvalue weighted by Gasteiger charge is 2.20. The fourth-order valence-electron chi connectivity index (χ4n) is 1.72. The van der Waals surface area contributed by atoms with E-state index in [9.17, 15) is 8.42 Å². The smallest absolute Gasteiger partial charge is 0.150 e. The molecule has 1 fully saturated rings. The summed E-state index contributed by atoms with van der Waals surface area (Å²) in [6.07, 6.45) is 5.67. The third-order valence-corrected chi connectivity index (χ3v) is 4.96. The molecular weight excluding hydrogens is 222 g/mol. The number of hydrogen-bond acceptors (Lipinski definition) is 3. The van der Waals surface area contributed by atoms with Gasteiger partial charge in [0.15, 0.2) is 0 Å². The van der Waals surface area contributed by atoms with Gasteiger partial charge in [0.25, 0.3) is 0 Å². The summed E-state index contributed by atoms with van der Waals surface area (Å²) >= 11 is 0. The van der Waals surface area contributed by atoms with Crippen LogP contribution in [0.15, 0.2) is 0 Å². The fraction of sp³-hybridized carbons (Fsp3) is 1.00. The van der Waals surface area contributed by atoms with Crippen molar-refractivity contribution in [2.45, 2.75) is 52.0 Å². The van der Waals surface area contributed by atoms with Gasteiger partial charge in [-0.3, -0.25) is 0 Å². The molecule has 0 aromatic rings. The van der Waals surface area contributed by atoms with Gasteiger partial charge in [0, 0.05) is 11.8 Å². The largest absolute Gasteiger partial charge is 0.314 e. The third-order valence-electron chi connectivity index (χ3n) is 3.17. The maximum absolute atomic E-state index is 11.3. The van der Waals surface area contributed by atoms with Crippen molar-refractivity contribution in [2.75, 3.05) is 18.1 Å². The molecule has 0 spiro atoms. The molecule has 1 saturated carbocycles. The molecule has 1 atom stereocenters. The Labute approximate surface area is 99.9 Å². The van der Waals surface area contributed by atoms with E-state index in [2.05, 4.69) is 12.2 Å². The molecule has 0 heterocycles. The Kier molecular flexibility index (Phi) is 5.76. The van der Waals surface area contributed by atoms with E-state index in [1.54, 1.807) is 6.92 Å². The zero-order chi connectivity index (χ0) is 12.0. The average molecular weight is 247 g/mol. The lowest BCUT2D eigenvalue weighted by molar-refractivity contribution is 0.462. The van der Waals surface area contributed by atoms with Gasteiger partial charge in [-0.25, -0.2) is 8.42 Å². The van der Waals surface area contributed by atoms with Crippen LogP contribution in [0.1, 0.15) is 46.0 Å². The van der Waals surface area contributed by atoms with Gasteiger partial charge >= 0.3 is 0 Å². The van der Waals surface area contributed by atoms with E-state index in [-0.39, 0.29) is 5.75 Å². The normalized spacial score (nSPS) is 18.6. The summed E-state index contributed by atoms with van der Waals surface area (Å²) in [6, 6.07) is 0.780. The van der Waals surface area contributed by atoms with Crippen molar-refractivity contribution in [3.63, 3.8) is 0 Å². The van der Waals surface area contributed by atoms with E-state index in [0.29, 0.717) is 11.7 Å². The number of nitrogens with one attached hydrogen (secondary N) is 1. The summed E-state index contributed by atoms with van der Waals surface area (Å²) < 4.78 is 22.5. The van der Waals surface area contributed by atoms with Gasteiger partial charge in [0.2, 0.25) is 0 Å². The topological polar surface area (TPSA) is 46.2 Å². The summed E-state index contributed by atoms with van der Waals surface area (Å²) in [5.74, 6) is 1.32. The van der Waals surface area contributed by atoms with Crippen molar-refractivity contribution in [1.29, 1.82) is 0 Å². The maximum Gasteiger partial charge on any atom is 0.150 e. The molecule has 0 aromatic heterocycles. The number of sulfone groups is 1. The van der Waals surface area contributed by atoms with Crippen molar-refractivity contribution in [1.82, 2.24) is 5.32 Å². The van der Waals surface area contributed by atoms with Crippen molar-refractivity contribution < 1.29 is 8.42 Å². The zero-order valence-electron chi connectivity index (χ0n) is 10.5. The number of rotatable bonds is 9. The molecule has 16 heavy (non-hydrogen) atoms. The van der Waals surface area contributed by atoms with Crippen LogP contribution in [0.2, 0.25) is 0 Å². The van der Waals surface area contributed by atoms with Crippen LogP contribution in [0.5, 0.6) is 0 Å².